The first-order valence-electron chi connectivity index (χ1n) is 7.95. The highest BCUT2D eigenvalue weighted by Gasteiger charge is 2.21. The van der Waals surface area contributed by atoms with Gasteiger partial charge in [0.05, 0.1) is 6.61 Å². The molecule has 1 saturated carbocycles. The minimum absolute atomic E-state index is 0.00746. The van der Waals surface area contributed by atoms with E-state index >= 15 is 0 Å². The first-order chi connectivity index (χ1) is 10.3. The minimum atomic E-state index is 0.00746. The summed E-state index contributed by atoms with van der Waals surface area (Å²) in [7, 11) is 0. The Morgan fingerprint density at radius 3 is 2.90 bits per heavy atom. The van der Waals surface area contributed by atoms with E-state index in [0.29, 0.717) is 12.5 Å². The highest BCUT2D eigenvalue weighted by molar-refractivity contribution is 5.77. The lowest BCUT2D eigenvalue weighted by Crippen LogP contribution is -2.38. The van der Waals surface area contributed by atoms with Gasteiger partial charge in [-0.05, 0) is 36.3 Å². The molecule has 1 aromatic carbocycles. The molecule has 21 heavy (non-hydrogen) atoms. The van der Waals surface area contributed by atoms with Gasteiger partial charge in [-0.3, -0.25) is 9.69 Å². The van der Waals surface area contributed by atoms with Crippen LogP contribution in [0.15, 0.2) is 24.3 Å². The summed E-state index contributed by atoms with van der Waals surface area (Å²) in [4.78, 5) is 14.0. The average Bonchev–Trinajstić information content (AvgIpc) is 3.31. The third-order valence-electron chi connectivity index (χ3n) is 4.24. The number of fused-ring (bicyclic) bond motifs is 1. The van der Waals surface area contributed by atoms with Gasteiger partial charge in [0.15, 0.2) is 0 Å². The van der Waals surface area contributed by atoms with E-state index in [4.69, 9.17) is 4.74 Å². The molecule has 4 nitrogen and oxygen atoms in total. The van der Waals surface area contributed by atoms with Gasteiger partial charge in [0.1, 0.15) is 6.61 Å². The van der Waals surface area contributed by atoms with E-state index in [0.717, 1.165) is 32.7 Å². The third kappa shape index (κ3) is 4.55. The lowest BCUT2D eigenvalue weighted by atomic mass is 10.00. The standard InChI is InChI=1S/C17H24N2O2/c20-17(13-21-12-14-5-6-14)18-8-10-19-9-7-15-3-1-2-4-16(15)11-19/h1-4,14H,5-13H2,(H,18,20). The van der Waals surface area contributed by atoms with E-state index in [1.807, 2.05) is 0 Å². The number of nitrogens with one attached hydrogen (secondary N) is 1. The topological polar surface area (TPSA) is 41.6 Å². The van der Waals surface area contributed by atoms with Crippen LogP contribution in [-0.4, -0.2) is 43.7 Å². The molecule has 1 fully saturated rings. The Morgan fingerprint density at radius 1 is 1.29 bits per heavy atom. The van der Waals surface area contributed by atoms with E-state index in [9.17, 15) is 4.79 Å². The Balaban J connectivity index is 1.31. The van der Waals surface area contributed by atoms with Crippen LogP contribution in [-0.2, 0) is 22.5 Å². The molecule has 0 aromatic heterocycles. The number of nitrogens with zero attached hydrogens (tertiary/aromatic N) is 1. The molecule has 1 aliphatic heterocycles. The minimum Gasteiger partial charge on any atom is -0.371 e. The van der Waals surface area contributed by atoms with E-state index in [1.54, 1.807) is 0 Å². The zero-order valence-corrected chi connectivity index (χ0v) is 12.5. The zero-order valence-electron chi connectivity index (χ0n) is 12.5. The molecule has 114 valence electrons. The molecule has 1 aromatic rings. The van der Waals surface area contributed by atoms with Gasteiger partial charge in [-0.25, -0.2) is 0 Å². The lowest BCUT2D eigenvalue weighted by molar-refractivity contribution is -0.125. The molecule has 1 heterocycles. The van der Waals surface area contributed by atoms with Gasteiger partial charge < -0.3 is 10.1 Å². The number of benzene rings is 1. The van der Waals surface area contributed by atoms with Gasteiger partial charge in [0, 0.05) is 26.2 Å². The number of carbonyl (C=O) groups excluding carboxylic acids is 1. The molecule has 0 spiro atoms. The van der Waals surface area contributed by atoms with E-state index in [1.165, 1.54) is 24.0 Å². The maximum Gasteiger partial charge on any atom is 0.246 e. The number of hydrogen-bond acceptors (Lipinski definition) is 3. The van der Waals surface area contributed by atoms with E-state index in [2.05, 4.69) is 34.5 Å². The summed E-state index contributed by atoms with van der Waals surface area (Å²) < 4.78 is 5.38. The van der Waals surface area contributed by atoms with Crippen molar-refractivity contribution in [2.75, 3.05) is 32.8 Å². The molecule has 1 amide bonds. The second kappa shape index (κ2) is 7.05. The van der Waals surface area contributed by atoms with Crippen molar-refractivity contribution < 1.29 is 9.53 Å². The molecule has 4 heteroatoms. The maximum atomic E-state index is 11.6. The number of rotatable bonds is 7. The molecule has 3 rings (SSSR count). The smallest absolute Gasteiger partial charge is 0.246 e. The van der Waals surface area contributed by atoms with Crippen molar-refractivity contribution in [3.05, 3.63) is 35.4 Å². The number of hydrogen-bond donors (Lipinski definition) is 1. The van der Waals surface area contributed by atoms with Gasteiger partial charge in [0.2, 0.25) is 5.91 Å². The molecule has 0 radical (unpaired) electrons. The van der Waals surface area contributed by atoms with Crippen LogP contribution >= 0.6 is 0 Å². The highest BCUT2D eigenvalue weighted by atomic mass is 16.5. The lowest BCUT2D eigenvalue weighted by Gasteiger charge is -2.28. The maximum absolute atomic E-state index is 11.6. The van der Waals surface area contributed by atoms with Crippen LogP contribution in [0.5, 0.6) is 0 Å². The van der Waals surface area contributed by atoms with Gasteiger partial charge >= 0.3 is 0 Å². The Hall–Kier alpha value is -1.39. The molecule has 2 aliphatic rings. The van der Waals surface area contributed by atoms with Crippen LogP contribution in [0.25, 0.3) is 0 Å². The van der Waals surface area contributed by atoms with Crippen LogP contribution in [0.1, 0.15) is 24.0 Å². The van der Waals surface area contributed by atoms with Crippen molar-refractivity contribution in [3.8, 4) is 0 Å². The fourth-order valence-corrected chi connectivity index (χ4v) is 2.75. The first-order valence-corrected chi connectivity index (χ1v) is 7.95. The van der Waals surface area contributed by atoms with Gasteiger partial charge in [-0.2, -0.15) is 0 Å². The Labute approximate surface area is 126 Å². The molecular weight excluding hydrogens is 264 g/mol. The number of amides is 1. The van der Waals surface area contributed by atoms with E-state index < -0.39 is 0 Å². The third-order valence-corrected chi connectivity index (χ3v) is 4.24. The molecule has 1 N–H and O–H groups in total. The molecule has 0 unspecified atom stereocenters. The molecule has 0 saturated heterocycles. The van der Waals surface area contributed by atoms with Crippen molar-refractivity contribution in [1.82, 2.24) is 10.2 Å². The highest BCUT2D eigenvalue weighted by Crippen LogP contribution is 2.28. The quantitative estimate of drug-likeness (QED) is 0.828. The van der Waals surface area contributed by atoms with Gasteiger partial charge in [0.25, 0.3) is 0 Å². The molecule has 0 atom stereocenters. The van der Waals surface area contributed by atoms with Crippen molar-refractivity contribution in [1.29, 1.82) is 0 Å². The summed E-state index contributed by atoms with van der Waals surface area (Å²) >= 11 is 0. The van der Waals surface area contributed by atoms with Crippen molar-refractivity contribution in [2.45, 2.75) is 25.8 Å². The second-order valence-electron chi connectivity index (χ2n) is 6.10. The van der Waals surface area contributed by atoms with Crippen molar-refractivity contribution in [2.24, 2.45) is 5.92 Å². The first kappa shape index (κ1) is 14.5. The predicted octanol–water partition coefficient (Wildman–Crippen LogP) is 1.59. The van der Waals surface area contributed by atoms with Crippen LogP contribution in [0.2, 0.25) is 0 Å². The monoisotopic (exact) mass is 288 g/mol. The van der Waals surface area contributed by atoms with Crippen LogP contribution in [0, 0.1) is 5.92 Å². The Kier molecular flexibility index (Phi) is 4.88. The summed E-state index contributed by atoms with van der Waals surface area (Å²) in [5.41, 5.74) is 2.88. The van der Waals surface area contributed by atoms with Crippen LogP contribution < -0.4 is 5.32 Å². The van der Waals surface area contributed by atoms with Crippen LogP contribution in [0.3, 0.4) is 0 Å². The van der Waals surface area contributed by atoms with Crippen LogP contribution in [0.4, 0.5) is 0 Å². The largest absolute Gasteiger partial charge is 0.371 e. The zero-order chi connectivity index (χ0) is 14.5. The normalized spacial score (nSPS) is 18.3. The fraction of sp³-hybridized carbons (Fsp3) is 0.588. The van der Waals surface area contributed by atoms with Gasteiger partial charge in [-0.1, -0.05) is 24.3 Å². The Bertz CT molecular complexity index is 485. The van der Waals surface area contributed by atoms with E-state index in [-0.39, 0.29) is 12.5 Å². The second-order valence-corrected chi connectivity index (χ2v) is 6.10. The average molecular weight is 288 g/mol. The Morgan fingerprint density at radius 2 is 2.10 bits per heavy atom. The predicted molar refractivity (Wildman–Crippen MR) is 82.0 cm³/mol. The van der Waals surface area contributed by atoms with Crippen molar-refractivity contribution >= 4 is 5.91 Å². The fourth-order valence-electron chi connectivity index (χ4n) is 2.75. The van der Waals surface area contributed by atoms with Crippen molar-refractivity contribution in [3.63, 3.8) is 0 Å². The van der Waals surface area contributed by atoms with Gasteiger partial charge in [-0.15, -0.1) is 0 Å². The number of carbonyl (C=O) groups is 1. The molecule has 1 aliphatic carbocycles. The summed E-state index contributed by atoms with van der Waals surface area (Å²) in [5, 5.41) is 2.94. The summed E-state index contributed by atoms with van der Waals surface area (Å²) in [6.45, 7) is 4.63. The summed E-state index contributed by atoms with van der Waals surface area (Å²) in [6, 6.07) is 8.62. The summed E-state index contributed by atoms with van der Waals surface area (Å²) in [5.74, 6) is 0.722. The molecule has 0 bridgehead atoms. The number of ether oxygens (including phenoxy) is 1. The SMILES string of the molecule is O=C(COCC1CC1)NCCN1CCc2ccccc2C1. The summed E-state index contributed by atoms with van der Waals surface area (Å²) in [6.07, 6.45) is 3.63. The molecular formula is C17H24N2O2.